The molecule has 2 aromatic carbocycles. The molecule has 0 atom stereocenters. The first kappa shape index (κ1) is 20.5. The molecular formula is C18H20Cl2N2O4. The van der Waals surface area contributed by atoms with Gasteiger partial charge in [0.25, 0.3) is 0 Å². The molecule has 6 nitrogen and oxygen atoms in total. The number of anilines is 2. The van der Waals surface area contributed by atoms with Crippen molar-refractivity contribution in [3.8, 4) is 0 Å². The third kappa shape index (κ3) is 4.87. The van der Waals surface area contributed by atoms with Crippen molar-refractivity contribution in [2.45, 2.75) is 12.0 Å². The van der Waals surface area contributed by atoms with Crippen LogP contribution in [-0.4, -0.2) is 46.6 Å². The second kappa shape index (κ2) is 9.21. The Bertz CT molecular complexity index is 738. The summed E-state index contributed by atoms with van der Waals surface area (Å²) in [6, 6.07) is 12.2. The summed E-state index contributed by atoms with van der Waals surface area (Å²) < 4.78 is 0. The van der Waals surface area contributed by atoms with Gasteiger partial charge in [-0.15, -0.1) is 0 Å². The van der Waals surface area contributed by atoms with Crippen molar-refractivity contribution in [2.24, 2.45) is 0 Å². The fraction of sp³-hybridized carbons (Fsp3) is 0.278. The molecule has 1 amide bonds. The number of hydrogen-bond acceptors (Lipinski definition) is 5. The van der Waals surface area contributed by atoms with Crippen molar-refractivity contribution in [1.29, 1.82) is 0 Å². The molecule has 0 bridgehead atoms. The first-order chi connectivity index (χ1) is 12.4. The van der Waals surface area contributed by atoms with Crippen LogP contribution in [0.3, 0.4) is 0 Å². The van der Waals surface area contributed by atoms with Crippen LogP contribution in [0.25, 0.3) is 0 Å². The lowest BCUT2D eigenvalue weighted by atomic mass is 10.0. The van der Waals surface area contributed by atoms with E-state index in [0.717, 1.165) is 0 Å². The summed E-state index contributed by atoms with van der Waals surface area (Å²) in [6.07, 6.45) is -0.0347. The number of carbonyl (C=O) groups excluding carboxylic acids is 1. The maximum atomic E-state index is 12.3. The lowest BCUT2D eigenvalue weighted by molar-refractivity contribution is -0.124. The molecule has 0 radical (unpaired) electrons. The van der Waals surface area contributed by atoms with Crippen molar-refractivity contribution in [1.82, 2.24) is 5.32 Å². The number of aliphatic hydroxyl groups excluding tert-OH is 3. The van der Waals surface area contributed by atoms with Gasteiger partial charge < -0.3 is 26.0 Å². The van der Waals surface area contributed by atoms with Crippen LogP contribution < -0.4 is 10.6 Å². The lowest BCUT2D eigenvalue weighted by Gasteiger charge is -2.28. The van der Waals surface area contributed by atoms with Crippen LogP contribution in [0.4, 0.5) is 11.4 Å². The van der Waals surface area contributed by atoms with Crippen LogP contribution >= 0.6 is 23.2 Å². The number of rotatable bonds is 8. The van der Waals surface area contributed by atoms with Gasteiger partial charge in [0.2, 0.25) is 5.91 Å². The second-order valence-electron chi connectivity index (χ2n) is 5.86. The van der Waals surface area contributed by atoms with E-state index in [9.17, 15) is 20.1 Å². The molecule has 8 heteroatoms. The number of nitrogens with one attached hydrogen (secondary N) is 2. The summed E-state index contributed by atoms with van der Waals surface area (Å²) in [4.78, 5) is 12.3. The largest absolute Gasteiger partial charge is 0.394 e. The van der Waals surface area contributed by atoms with Crippen molar-refractivity contribution in [2.75, 3.05) is 25.1 Å². The van der Waals surface area contributed by atoms with Crippen molar-refractivity contribution >= 4 is 40.5 Å². The standard InChI is InChI=1S/C18H20Cl2N2O4/c19-13-5-3-6-14(20)17(13)21-15-7-2-1-4-12(15)8-16(26)22-18(9-23,10-24)11-25/h1-7,21,23-25H,8-11H2,(H,22,26). The zero-order valence-electron chi connectivity index (χ0n) is 13.9. The molecule has 0 saturated heterocycles. The van der Waals surface area contributed by atoms with Crippen molar-refractivity contribution in [3.63, 3.8) is 0 Å². The van der Waals surface area contributed by atoms with E-state index < -0.39 is 31.3 Å². The normalized spacial score (nSPS) is 11.3. The number of carbonyl (C=O) groups is 1. The summed E-state index contributed by atoms with van der Waals surface area (Å²) in [5.74, 6) is -0.457. The molecule has 140 valence electrons. The van der Waals surface area contributed by atoms with E-state index in [1.165, 1.54) is 0 Å². The summed E-state index contributed by atoms with van der Waals surface area (Å²) >= 11 is 12.3. The van der Waals surface area contributed by atoms with Crippen LogP contribution in [0.2, 0.25) is 10.0 Å². The fourth-order valence-electron chi connectivity index (χ4n) is 2.33. The number of halogens is 2. The van der Waals surface area contributed by atoms with E-state index >= 15 is 0 Å². The monoisotopic (exact) mass is 398 g/mol. The number of amides is 1. The molecule has 0 aromatic heterocycles. The highest BCUT2D eigenvalue weighted by molar-refractivity contribution is 6.39. The third-order valence-corrected chi connectivity index (χ3v) is 4.53. The highest BCUT2D eigenvalue weighted by atomic mass is 35.5. The maximum Gasteiger partial charge on any atom is 0.225 e. The van der Waals surface area contributed by atoms with Gasteiger partial charge in [0.15, 0.2) is 0 Å². The first-order valence-electron chi connectivity index (χ1n) is 7.87. The molecule has 5 N–H and O–H groups in total. The van der Waals surface area contributed by atoms with E-state index in [2.05, 4.69) is 10.6 Å². The minimum Gasteiger partial charge on any atom is -0.394 e. The molecule has 0 saturated carbocycles. The summed E-state index contributed by atoms with van der Waals surface area (Å²) in [7, 11) is 0. The average molecular weight is 399 g/mol. The van der Waals surface area contributed by atoms with E-state index in [1.807, 2.05) is 0 Å². The predicted octanol–water partition coefficient (Wildman–Crippen LogP) is 2.11. The van der Waals surface area contributed by atoms with Crippen LogP contribution in [0.15, 0.2) is 42.5 Å². The highest BCUT2D eigenvalue weighted by Gasteiger charge is 2.30. The van der Waals surface area contributed by atoms with Crippen molar-refractivity contribution < 1.29 is 20.1 Å². The second-order valence-corrected chi connectivity index (χ2v) is 6.67. The lowest BCUT2D eigenvalue weighted by Crippen LogP contribution is -2.57. The van der Waals surface area contributed by atoms with Crippen LogP contribution in [-0.2, 0) is 11.2 Å². The molecule has 2 rings (SSSR count). The summed E-state index contributed by atoms with van der Waals surface area (Å²) in [5.41, 5.74) is 0.356. The molecule has 0 spiro atoms. The van der Waals surface area contributed by atoms with E-state index in [4.69, 9.17) is 23.2 Å². The van der Waals surface area contributed by atoms with Crippen LogP contribution in [0.1, 0.15) is 5.56 Å². The minimum absolute atomic E-state index is 0.0347. The molecule has 26 heavy (non-hydrogen) atoms. The van der Waals surface area contributed by atoms with Gasteiger partial charge in [-0.2, -0.15) is 0 Å². The summed E-state index contributed by atoms with van der Waals surface area (Å²) in [5, 5.41) is 34.5. The summed E-state index contributed by atoms with van der Waals surface area (Å²) in [6.45, 7) is -1.75. The molecule has 0 aliphatic carbocycles. The fourth-order valence-corrected chi connectivity index (χ4v) is 2.82. The first-order valence-corrected chi connectivity index (χ1v) is 8.63. The Labute approximate surface area is 161 Å². The number of benzene rings is 2. The van der Waals surface area contributed by atoms with E-state index in [0.29, 0.717) is 27.0 Å². The average Bonchev–Trinajstić information content (AvgIpc) is 2.64. The topological polar surface area (TPSA) is 102 Å². The smallest absolute Gasteiger partial charge is 0.225 e. The Kier molecular flexibility index (Phi) is 7.25. The molecule has 0 unspecified atom stereocenters. The number of aliphatic hydroxyl groups is 3. The Morgan fingerprint density at radius 1 is 0.923 bits per heavy atom. The Morgan fingerprint density at radius 3 is 2.08 bits per heavy atom. The maximum absolute atomic E-state index is 12.3. The van der Waals surface area contributed by atoms with Gasteiger partial charge in [-0.3, -0.25) is 4.79 Å². The van der Waals surface area contributed by atoms with Gasteiger partial charge in [0.1, 0.15) is 5.54 Å². The third-order valence-electron chi connectivity index (χ3n) is 3.90. The Hall–Kier alpha value is -1.83. The van der Waals surface area contributed by atoms with E-state index in [-0.39, 0.29) is 6.42 Å². The number of para-hydroxylation sites is 2. The van der Waals surface area contributed by atoms with Gasteiger partial charge in [-0.05, 0) is 23.8 Å². The van der Waals surface area contributed by atoms with Gasteiger partial charge >= 0.3 is 0 Å². The molecular weight excluding hydrogens is 379 g/mol. The van der Waals surface area contributed by atoms with Crippen molar-refractivity contribution in [3.05, 3.63) is 58.1 Å². The SMILES string of the molecule is O=C(Cc1ccccc1Nc1c(Cl)cccc1Cl)NC(CO)(CO)CO. The molecule has 0 heterocycles. The van der Waals surface area contributed by atoms with Gasteiger partial charge in [-0.1, -0.05) is 47.5 Å². The molecule has 0 aliphatic rings. The van der Waals surface area contributed by atoms with E-state index in [1.54, 1.807) is 42.5 Å². The minimum atomic E-state index is -1.47. The van der Waals surface area contributed by atoms with Gasteiger partial charge in [-0.25, -0.2) is 0 Å². The zero-order chi connectivity index (χ0) is 19.2. The Balaban J connectivity index is 2.20. The zero-order valence-corrected chi connectivity index (χ0v) is 15.4. The predicted molar refractivity (Wildman–Crippen MR) is 102 cm³/mol. The van der Waals surface area contributed by atoms with Crippen LogP contribution in [0.5, 0.6) is 0 Å². The molecule has 0 fully saturated rings. The van der Waals surface area contributed by atoms with Gasteiger partial charge in [0.05, 0.1) is 42.0 Å². The quantitative estimate of drug-likeness (QED) is 0.468. The molecule has 0 aliphatic heterocycles. The number of hydrogen-bond donors (Lipinski definition) is 5. The highest BCUT2D eigenvalue weighted by Crippen LogP contribution is 2.33. The molecule has 2 aromatic rings. The van der Waals surface area contributed by atoms with Crippen LogP contribution in [0, 0.1) is 0 Å². The van der Waals surface area contributed by atoms with Gasteiger partial charge in [0, 0.05) is 5.69 Å². The Morgan fingerprint density at radius 2 is 1.50 bits per heavy atom.